The van der Waals surface area contributed by atoms with Crippen molar-refractivity contribution < 1.29 is 9.53 Å². The molecule has 0 radical (unpaired) electrons. The van der Waals surface area contributed by atoms with Gasteiger partial charge in [-0.3, -0.25) is 0 Å². The molecule has 1 saturated heterocycles. The summed E-state index contributed by atoms with van der Waals surface area (Å²) < 4.78 is 5.55. The van der Waals surface area contributed by atoms with Crippen molar-refractivity contribution in [1.29, 1.82) is 0 Å². The first-order valence-electron chi connectivity index (χ1n) is 7.68. The van der Waals surface area contributed by atoms with Crippen LogP contribution in [0.3, 0.4) is 0 Å². The summed E-state index contributed by atoms with van der Waals surface area (Å²) in [6.07, 6.45) is 1.95. The summed E-state index contributed by atoms with van der Waals surface area (Å²) in [5.41, 5.74) is 5.19. The summed E-state index contributed by atoms with van der Waals surface area (Å²) >= 11 is 0. The number of nitrogens with two attached hydrogens (primary N) is 1. The van der Waals surface area contributed by atoms with E-state index in [-0.39, 0.29) is 18.2 Å². The lowest BCUT2D eigenvalue weighted by molar-refractivity contribution is -0.00202. The first kappa shape index (κ1) is 17.2. The molecule has 1 aliphatic rings. The summed E-state index contributed by atoms with van der Waals surface area (Å²) in [5.74, 6) is 0. The molecule has 5 nitrogen and oxygen atoms in total. The van der Waals surface area contributed by atoms with Crippen LogP contribution < -0.4 is 5.73 Å². The number of piperidine rings is 1. The molecule has 1 aliphatic heterocycles. The van der Waals surface area contributed by atoms with Crippen LogP contribution in [0.2, 0.25) is 0 Å². The molecular weight excluding hydrogens is 254 g/mol. The van der Waals surface area contributed by atoms with Gasteiger partial charge in [-0.05, 0) is 54.0 Å². The van der Waals surface area contributed by atoms with Crippen molar-refractivity contribution in [2.24, 2.45) is 5.73 Å². The zero-order valence-electron chi connectivity index (χ0n) is 13.7. The predicted molar refractivity (Wildman–Crippen MR) is 81.7 cm³/mol. The Kier molecular flexibility index (Phi) is 6.27. The molecule has 0 saturated carbocycles. The van der Waals surface area contributed by atoms with E-state index in [1.807, 2.05) is 39.5 Å². The second kappa shape index (κ2) is 7.27. The highest BCUT2D eigenvalue weighted by atomic mass is 16.6. The number of amides is 1. The second-order valence-electron chi connectivity index (χ2n) is 6.87. The molecule has 0 aromatic rings. The molecule has 1 amide bonds. The van der Waals surface area contributed by atoms with E-state index in [4.69, 9.17) is 10.5 Å². The van der Waals surface area contributed by atoms with Crippen molar-refractivity contribution in [3.8, 4) is 0 Å². The highest BCUT2D eigenvalue weighted by Gasteiger charge is 2.32. The van der Waals surface area contributed by atoms with Crippen molar-refractivity contribution >= 4 is 6.09 Å². The standard InChI is InChI=1S/C15H31N3O2/c1-12(2)18(14(19)20-15(3,4)5)13-7-6-9-17(11-13)10-8-16/h12-13H,6-11,16H2,1-5H3/t13-/m0/s1. The highest BCUT2D eigenvalue weighted by Crippen LogP contribution is 2.21. The number of carbonyl (C=O) groups excluding carboxylic acids is 1. The van der Waals surface area contributed by atoms with Gasteiger partial charge in [0.25, 0.3) is 0 Å². The minimum atomic E-state index is -0.449. The first-order chi connectivity index (χ1) is 9.24. The summed E-state index contributed by atoms with van der Waals surface area (Å²) in [7, 11) is 0. The Morgan fingerprint density at radius 3 is 2.60 bits per heavy atom. The monoisotopic (exact) mass is 285 g/mol. The number of hydrogen-bond acceptors (Lipinski definition) is 4. The van der Waals surface area contributed by atoms with E-state index in [9.17, 15) is 4.79 Å². The summed E-state index contributed by atoms with van der Waals surface area (Å²) in [6.45, 7) is 13.4. The molecule has 1 rings (SSSR count). The first-order valence-corrected chi connectivity index (χ1v) is 7.68. The van der Waals surface area contributed by atoms with Crippen LogP contribution in [0.15, 0.2) is 0 Å². The molecule has 1 atom stereocenters. The van der Waals surface area contributed by atoms with E-state index < -0.39 is 5.60 Å². The molecule has 1 heterocycles. The van der Waals surface area contributed by atoms with Crippen molar-refractivity contribution in [2.45, 2.75) is 65.1 Å². The molecule has 0 aromatic carbocycles. The zero-order valence-corrected chi connectivity index (χ0v) is 13.7. The molecule has 0 bridgehead atoms. The lowest BCUT2D eigenvalue weighted by Crippen LogP contribution is -2.54. The SMILES string of the molecule is CC(C)N(C(=O)OC(C)(C)C)[C@H]1CCCN(CCN)C1. The Hall–Kier alpha value is -0.810. The number of likely N-dealkylation sites (tertiary alicyclic amines) is 1. The largest absolute Gasteiger partial charge is 0.444 e. The third kappa shape index (κ3) is 5.29. The molecular formula is C15H31N3O2. The van der Waals surface area contributed by atoms with Gasteiger partial charge in [-0.25, -0.2) is 4.79 Å². The van der Waals surface area contributed by atoms with E-state index >= 15 is 0 Å². The molecule has 1 fully saturated rings. The average Bonchev–Trinajstić information content (AvgIpc) is 2.26. The minimum Gasteiger partial charge on any atom is -0.444 e. The fraction of sp³-hybridized carbons (Fsp3) is 0.933. The van der Waals surface area contributed by atoms with Gasteiger partial charge in [0.1, 0.15) is 5.60 Å². The predicted octanol–water partition coefficient (Wildman–Crippen LogP) is 2.05. The van der Waals surface area contributed by atoms with Gasteiger partial charge < -0.3 is 20.3 Å². The zero-order chi connectivity index (χ0) is 15.3. The van der Waals surface area contributed by atoms with Gasteiger partial charge in [-0.2, -0.15) is 0 Å². The van der Waals surface area contributed by atoms with Crippen molar-refractivity contribution in [3.63, 3.8) is 0 Å². The average molecular weight is 285 g/mol. The maximum atomic E-state index is 12.4. The van der Waals surface area contributed by atoms with Gasteiger partial charge in [-0.15, -0.1) is 0 Å². The van der Waals surface area contributed by atoms with E-state index in [1.54, 1.807) is 0 Å². The van der Waals surface area contributed by atoms with Crippen LogP contribution in [-0.2, 0) is 4.74 Å². The van der Waals surface area contributed by atoms with Crippen LogP contribution in [0.25, 0.3) is 0 Å². The third-order valence-electron chi connectivity index (χ3n) is 3.48. The van der Waals surface area contributed by atoms with Crippen molar-refractivity contribution in [1.82, 2.24) is 9.80 Å². The number of ether oxygens (including phenoxy) is 1. The molecule has 0 unspecified atom stereocenters. The van der Waals surface area contributed by atoms with Crippen molar-refractivity contribution in [2.75, 3.05) is 26.2 Å². The minimum absolute atomic E-state index is 0.146. The quantitative estimate of drug-likeness (QED) is 0.859. The lowest BCUT2D eigenvalue weighted by atomic mass is 10.0. The lowest BCUT2D eigenvalue weighted by Gasteiger charge is -2.41. The Labute approximate surface area is 123 Å². The Morgan fingerprint density at radius 2 is 2.10 bits per heavy atom. The van der Waals surface area contributed by atoms with Crippen LogP contribution >= 0.6 is 0 Å². The fourth-order valence-corrected chi connectivity index (χ4v) is 2.74. The van der Waals surface area contributed by atoms with Gasteiger partial charge in [0.2, 0.25) is 0 Å². The molecule has 5 heteroatoms. The summed E-state index contributed by atoms with van der Waals surface area (Å²) in [4.78, 5) is 16.7. The van der Waals surface area contributed by atoms with E-state index in [0.717, 1.165) is 32.5 Å². The van der Waals surface area contributed by atoms with Crippen molar-refractivity contribution in [3.05, 3.63) is 0 Å². The maximum absolute atomic E-state index is 12.4. The Bertz CT molecular complexity index is 311. The van der Waals surface area contributed by atoms with Gasteiger partial charge >= 0.3 is 6.09 Å². The molecule has 2 N–H and O–H groups in total. The molecule has 118 valence electrons. The molecule has 0 aromatic heterocycles. The smallest absolute Gasteiger partial charge is 0.410 e. The molecule has 0 aliphatic carbocycles. The van der Waals surface area contributed by atoms with Crippen LogP contribution in [0.1, 0.15) is 47.5 Å². The van der Waals surface area contributed by atoms with Gasteiger partial charge in [0.05, 0.1) is 0 Å². The number of carbonyl (C=O) groups is 1. The maximum Gasteiger partial charge on any atom is 0.410 e. The van der Waals surface area contributed by atoms with E-state index in [1.165, 1.54) is 0 Å². The molecule has 0 spiro atoms. The number of nitrogens with zero attached hydrogens (tertiary/aromatic N) is 2. The van der Waals surface area contributed by atoms with E-state index in [2.05, 4.69) is 4.90 Å². The van der Waals surface area contributed by atoms with Crippen LogP contribution in [0.5, 0.6) is 0 Å². The van der Waals surface area contributed by atoms with E-state index in [0.29, 0.717) is 6.54 Å². The van der Waals surface area contributed by atoms with Gasteiger partial charge in [0, 0.05) is 31.7 Å². The Balaban J connectivity index is 2.72. The van der Waals surface area contributed by atoms with Gasteiger partial charge in [-0.1, -0.05) is 0 Å². The fourth-order valence-electron chi connectivity index (χ4n) is 2.74. The number of rotatable bonds is 4. The second-order valence-corrected chi connectivity index (χ2v) is 6.87. The summed E-state index contributed by atoms with van der Waals surface area (Å²) in [5, 5.41) is 0. The summed E-state index contributed by atoms with van der Waals surface area (Å²) in [6, 6.07) is 0.373. The van der Waals surface area contributed by atoms with Crippen LogP contribution in [0.4, 0.5) is 4.79 Å². The normalized spacial score (nSPS) is 21.1. The van der Waals surface area contributed by atoms with Crippen LogP contribution in [-0.4, -0.2) is 59.8 Å². The van der Waals surface area contributed by atoms with Gasteiger partial charge in [0.15, 0.2) is 0 Å². The Morgan fingerprint density at radius 1 is 1.45 bits per heavy atom. The van der Waals surface area contributed by atoms with Crippen LogP contribution in [0, 0.1) is 0 Å². The third-order valence-corrected chi connectivity index (χ3v) is 3.48. The molecule has 20 heavy (non-hydrogen) atoms. The number of hydrogen-bond donors (Lipinski definition) is 1. The highest BCUT2D eigenvalue weighted by molar-refractivity contribution is 5.69. The topological polar surface area (TPSA) is 58.8 Å².